The Balaban J connectivity index is 1.36. The molecule has 3 heterocycles. The zero-order valence-electron chi connectivity index (χ0n) is 14.5. The minimum atomic E-state index is 0.729. The molecule has 25 heavy (non-hydrogen) atoms. The Morgan fingerprint density at radius 3 is 2.48 bits per heavy atom. The fraction of sp³-hybridized carbons (Fsp3) is 0.526. The number of morpholine rings is 1. The maximum atomic E-state index is 5.40. The van der Waals surface area contributed by atoms with Crippen molar-refractivity contribution in [2.45, 2.75) is 19.3 Å². The first kappa shape index (κ1) is 16.3. The zero-order valence-corrected chi connectivity index (χ0v) is 14.5. The van der Waals surface area contributed by atoms with Crippen molar-refractivity contribution in [2.24, 2.45) is 5.92 Å². The first-order chi connectivity index (χ1) is 12.4. The normalized spacial score (nSPS) is 19.2. The zero-order chi connectivity index (χ0) is 16.9. The molecule has 2 fully saturated rings. The van der Waals surface area contributed by atoms with Gasteiger partial charge in [-0.05, 0) is 30.7 Å². The van der Waals surface area contributed by atoms with Crippen LogP contribution in [0.5, 0.6) is 0 Å². The third-order valence-corrected chi connectivity index (χ3v) is 5.13. The van der Waals surface area contributed by atoms with Crippen LogP contribution in [0.15, 0.2) is 36.5 Å². The quantitative estimate of drug-likeness (QED) is 0.851. The van der Waals surface area contributed by atoms with E-state index in [4.69, 9.17) is 9.72 Å². The molecule has 4 rings (SSSR count). The van der Waals surface area contributed by atoms with E-state index in [2.05, 4.69) is 50.3 Å². The number of nitrogens with zero attached hydrogens (tertiary/aromatic N) is 5. The minimum absolute atomic E-state index is 0.729. The molecule has 132 valence electrons. The number of hydrogen-bond donors (Lipinski definition) is 0. The van der Waals surface area contributed by atoms with Gasteiger partial charge in [0.15, 0.2) is 5.82 Å². The molecule has 2 aliphatic heterocycles. The van der Waals surface area contributed by atoms with Crippen molar-refractivity contribution < 1.29 is 4.74 Å². The predicted molar refractivity (Wildman–Crippen MR) is 97.9 cm³/mol. The SMILES string of the molecule is c1ccc(CC2CCN(c3cnnc(N4CCOCC4)n3)CC2)cc1. The molecule has 0 unspecified atom stereocenters. The molecular weight excluding hydrogens is 314 g/mol. The second kappa shape index (κ2) is 7.78. The second-order valence-corrected chi connectivity index (χ2v) is 6.83. The van der Waals surface area contributed by atoms with Crippen LogP contribution in [-0.2, 0) is 11.2 Å². The highest BCUT2D eigenvalue weighted by molar-refractivity contribution is 5.42. The van der Waals surface area contributed by atoms with Crippen molar-refractivity contribution in [1.29, 1.82) is 0 Å². The highest BCUT2D eigenvalue weighted by atomic mass is 16.5. The number of anilines is 2. The van der Waals surface area contributed by atoms with Crippen LogP contribution in [0.1, 0.15) is 18.4 Å². The fourth-order valence-corrected chi connectivity index (χ4v) is 3.65. The van der Waals surface area contributed by atoms with Gasteiger partial charge < -0.3 is 14.5 Å². The fourth-order valence-electron chi connectivity index (χ4n) is 3.65. The van der Waals surface area contributed by atoms with Crippen LogP contribution in [0.4, 0.5) is 11.8 Å². The summed E-state index contributed by atoms with van der Waals surface area (Å²) in [5.74, 6) is 2.44. The van der Waals surface area contributed by atoms with Crippen molar-refractivity contribution in [3.8, 4) is 0 Å². The van der Waals surface area contributed by atoms with Crippen LogP contribution >= 0.6 is 0 Å². The van der Waals surface area contributed by atoms with E-state index in [0.29, 0.717) is 0 Å². The van der Waals surface area contributed by atoms with Crippen molar-refractivity contribution in [1.82, 2.24) is 15.2 Å². The van der Waals surface area contributed by atoms with Crippen LogP contribution in [0.25, 0.3) is 0 Å². The molecule has 0 N–H and O–H groups in total. The summed E-state index contributed by atoms with van der Waals surface area (Å²) in [7, 11) is 0. The average Bonchev–Trinajstić information content (AvgIpc) is 2.70. The lowest BCUT2D eigenvalue weighted by Crippen LogP contribution is -2.38. The third kappa shape index (κ3) is 4.07. The number of ether oxygens (including phenoxy) is 1. The van der Waals surface area contributed by atoms with Gasteiger partial charge in [-0.2, -0.15) is 10.1 Å². The number of aromatic nitrogens is 3. The predicted octanol–water partition coefficient (Wildman–Crippen LogP) is 2.17. The van der Waals surface area contributed by atoms with E-state index in [1.165, 1.54) is 24.8 Å². The van der Waals surface area contributed by atoms with E-state index in [-0.39, 0.29) is 0 Å². The maximum Gasteiger partial charge on any atom is 0.247 e. The van der Waals surface area contributed by atoms with Gasteiger partial charge in [-0.25, -0.2) is 0 Å². The highest BCUT2D eigenvalue weighted by Crippen LogP contribution is 2.25. The highest BCUT2D eigenvalue weighted by Gasteiger charge is 2.22. The Labute approximate surface area is 148 Å². The van der Waals surface area contributed by atoms with Crippen LogP contribution < -0.4 is 9.80 Å². The van der Waals surface area contributed by atoms with Gasteiger partial charge in [0.05, 0.1) is 19.4 Å². The second-order valence-electron chi connectivity index (χ2n) is 6.83. The van der Waals surface area contributed by atoms with Crippen molar-refractivity contribution in [2.75, 3.05) is 49.2 Å². The Bertz CT molecular complexity index is 667. The van der Waals surface area contributed by atoms with Gasteiger partial charge in [-0.15, -0.1) is 5.10 Å². The first-order valence-electron chi connectivity index (χ1n) is 9.20. The van der Waals surface area contributed by atoms with E-state index in [1.807, 2.05) is 0 Å². The number of benzene rings is 1. The molecule has 0 aliphatic carbocycles. The molecule has 2 saturated heterocycles. The molecule has 6 nitrogen and oxygen atoms in total. The van der Waals surface area contributed by atoms with Crippen LogP contribution in [0, 0.1) is 5.92 Å². The number of rotatable bonds is 4. The van der Waals surface area contributed by atoms with Gasteiger partial charge in [-0.3, -0.25) is 0 Å². The molecule has 0 atom stereocenters. The smallest absolute Gasteiger partial charge is 0.247 e. The lowest BCUT2D eigenvalue weighted by atomic mass is 9.90. The Morgan fingerprint density at radius 2 is 1.72 bits per heavy atom. The molecule has 0 radical (unpaired) electrons. The molecule has 1 aromatic heterocycles. The summed E-state index contributed by atoms with van der Waals surface area (Å²) in [5, 5.41) is 8.40. The molecule has 0 spiro atoms. The van der Waals surface area contributed by atoms with E-state index in [1.54, 1.807) is 6.20 Å². The molecule has 0 saturated carbocycles. The van der Waals surface area contributed by atoms with Gasteiger partial charge in [0.2, 0.25) is 5.95 Å². The van der Waals surface area contributed by atoms with Gasteiger partial charge in [0.25, 0.3) is 0 Å². The summed E-state index contributed by atoms with van der Waals surface area (Å²) >= 11 is 0. The summed E-state index contributed by atoms with van der Waals surface area (Å²) in [4.78, 5) is 9.25. The van der Waals surface area contributed by atoms with Gasteiger partial charge in [-0.1, -0.05) is 30.3 Å². The summed E-state index contributed by atoms with van der Waals surface area (Å²) in [6, 6.07) is 10.8. The number of hydrogen-bond acceptors (Lipinski definition) is 6. The molecule has 1 aromatic carbocycles. The number of piperidine rings is 1. The summed E-state index contributed by atoms with van der Waals surface area (Å²) in [5.41, 5.74) is 1.44. The summed E-state index contributed by atoms with van der Waals surface area (Å²) in [6.45, 7) is 5.23. The Hall–Kier alpha value is -2.21. The average molecular weight is 339 g/mol. The van der Waals surface area contributed by atoms with Crippen molar-refractivity contribution in [3.63, 3.8) is 0 Å². The largest absolute Gasteiger partial charge is 0.378 e. The van der Waals surface area contributed by atoms with Crippen LogP contribution in [-0.4, -0.2) is 54.6 Å². The Kier molecular flexibility index (Phi) is 5.06. The Morgan fingerprint density at radius 1 is 0.960 bits per heavy atom. The van der Waals surface area contributed by atoms with E-state index in [9.17, 15) is 0 Å². The lowest BCUT2D eigenvalue weighted by molar-refractivity contribution is 0.122. The first-order valence-corrected chi connectivity index (χ1v) is 9.20. The minimum Gasteiger partial charge on any atom is -0.378 e. The molecule has 2 aliphatic rings. The third-order valence-electron chi connectivity index (χ3n) is 5.13. The van der Waals surface area contributed by atoms with Crippen LogP contribution in [0.3, 0.4) is 0 Å². The molecular formula is C19H25N5O. The summed E-state index contributed by atoms with van der Waals surface area (Å²) < 4.78 is 5.40. The molecule has 0 bridgehead atoms. The standard InChI is InChI=1S/C19H25N5O/c1-2-4-16(5-3-1)14-17-6-8-23(9-7-17)18-15-20-22-19(21-18)24-10-12-25-13-11-24/h1-5,15,17H,6-14H2. The van der Waals surface area contributed by atoms with Gasteiger partial charge in [0.1, 0.15) is 0 Å². The topological polar surface area (TPSA) is 54.4 Å². The van der Waals surface area contributed by atoms with Crippen molar-refractivity contribution >= 4 is 11.8 Å². The van der Waals surface area contributed by atoms with E-state index >= 15 is 0 Å². The molecule has 6 heteroatoms. The molecule has 2 aromatic rings. The van der Waals surface area contributed by atoms with Crippen molar-refractivity contribution in [3.05, 3.63) is 42.1 Å². The molecule has 0 amide bonds. The van der Waals surface area contributed by atoms with E-state index < -0.39 is 0 Å². The van der Waals surface area contributed by atoms with Gasteiger partial charge in [0, 0.05) is 26.2 Å². The van der Waals surface area contributed by atoms with Crippen LogP contribution in [0.2, 0.25) is 0 Å². The van der Waals surface area contributed by atoms with E-state index in [0.717, 1.165) is 57.1 Å². The lowest BCUT2D eigenvalue weighted by Gasteiger charge is -2.33. The summed E-state index contributed by atoms with van der Waals surface area (Å²) in [6.07, 6.45) is 5.37. The monoisotopic (exact) mass is 339 g/mol. The maximum absolute atomic E-state index is 5.40. The van der Waals surface area contributed by atoms with Gasteiger partial charge >= 0.3 is 0 Å².